The third kappa shape index (κ3) is 4.51. The van der Waals surface area contributed by atoms with Crippen molar-refractivity contribution in [3.8, 4) is 16.9 Å². The first-order valence-corrected chi connectivity index (χ1v) is 10.5. The Morgan fingerprint density at radius 1 is 0.931 bits per heavy atom. The third-order valence-corrected chi connectivity index (χ3v) is 5.53. The molecule has 0 aliphatic heterocycles. The molecule has 3 aromatic carbocycles. The van der Waals surface area contributed by atoms with Crippen LogP contribution in [0.25, 0.3) is 11.1 Å². The topological polar surface area (TPSA) is 38.3 Å². The van der Waals surface area contributed by atoms with Gasteiger partial charge in [-0.1, -0.05) is 61.5 Å². The van der Waals surface area contributed by atoms with Gasteiger partial charge in [0, 0.05) is 11.3 Å². The highest BCUT2D eigenvalue weighted by Gasteiger charge is 2.20. The first kappa shape index (κ1) is 19.3. The van der Waals surface area contributed by atoms with Gasteiger partial charge in [-0.3, -0.25) is 4.79 Å². The Hall–Kier alpha value is -3.07. The number of carbonyl (C=O) groups is 1. The van der Waals surface area contributed by atoms with Crippen molar-refractivity contribution in [2.75, 3.05) is 5.32 Å². The van der Waals surface area contributed by atoms with Crippen LogP contribution < -0.4 is 10.1 Å². The van der Waals surface area contributed by atoms with E-state index in [1.807, 2.05) is 67.6 Å². The van der Waals surface area contributed by atoms with E-state index < -0.39 is 6.10 Å². The predicted molar refractivity (Wildman–Crippen MR) is 118 cm³/mol. The second-order valence-electron chi connectivity index (χ2n) is 7.55. The summed E-state index contributed by atoms with van der Waals surface area (Å²) >= 11 is 0. The van der Waals surface area contributed by atoms with Gasteiger partial charge in [0.05, 0.1) is 0 Å². The summed E-state index contributed by atoms with van der Waals surface area (Å²) in [5, 5.41) is 3.08. The number of para-hydroxylation sites is 1. The molecule has 1 aliphatic carbocycles. The average molecular weight is 386 g/mol. The van der Waals surface area contributed by atoms with Gasteiger partial charge in [-0.15, -0.1) is 0 Å². The molecule has 0 bridgehead atoms. The van der Waals surface area contributed by atoms with Crippen molar-refractivity contribution in [3.63, 3.8) is 0 Å². The molecule has 148 valence electrons. The quantitative estimate of drug-likeness (QED) is 0.563. The Balaban J connectivity index is 1.50. The van der Waals surface area contributed by atoms with Crippen molar-refractivity contribution in [2.45, 2.75) is 45.1 Å². The van der Waals surface area contributed by atoms with E-state index >= 15 is 0 Å². The monoisotopic (exact) mass is 385 g/mol. The fraction of sp³-hybridized carbons (Fsp3) is 0.269. The predicted octanol–water partition coefficient (Wildman–Crippen LogP) is 6.03. The summed E-state index contributed by atoms with van der Waals surface area (Å²) in [5.74, 6) is 0.664. The summed E-state index contributed by atoms with van der Waals surface area (Å²) in [6, 6.07) is 24.2. The number of rotatable bonds is 6. The number of anilines is 1. The van der Waals surface area contributed by atoms with E-state index in [9.17, 15) is 4.79 Å². The molecule has 0 fully saturated rings. The lowest BCUT2D eigenvalue weighted by atomic mass is 9.92. The van der Waals surface area contributed by atoms with Gasteiger partial charge in [-0.05, 0) is 67.0 Å². The lowest BCUT2D eigenvalue weighted by molar-refractivity contribution is -0.122. The van der Waals surface area contributed by atoms with E-state index in [-0.39, 0.29) is 5.91 Å². The molecule has 0 aromatic heterocycles. The number of fused-ring (bicyclic) bond motifs is 1. The number of hydrogen-bond donors (Lipinski definition) is 1. The maximum absolute atomic E-state index is 13.0. The highest BCUT2D eigenvalue weighted by molar-refractivity contribution is 5.98. The summed E-state index contributed by atoms with van der Waals surface area (Å²) in [5.41, 5.74) is 5.66. The van der Waals surface area contributed by atoms with Crippen LogP contribution in [0.3, 0.4) is 0 Å². The Bertz CT molecular complexity index is 981. The van der Waals surface area contributed by atoms with Gasteiger partial charge in [0.25, 0.3) is 5.91 Å². The van der Waals surface area contributed by atoms with Gasteiger partial charge >= 0.3 is 0 Å². The molecule has 0 unspecified atom stereocenters. The van der Waals surface area contributed by atoms with Gasteiger partial charge in [0.1, 0.15) is 5.75 Å². The van der Waals surface area contributed by atoms with E-state index in [4.69, 9.17) is 4.74 Å². The number of hydrogen-bond acceptors (Lipinski definition) is 2. The van der Waals surface area contributed by atoms with E-state index in [1.54, 1.807) is 0 Å². The molecule has 3 aromatic rings. The molecule has 1 atom stereocenters. The Kier molecular flexibility index (Phi) is 5.95. The van der Waals surface area contributed by atoms with Crippen LogP contribution in [0.4, 0.5) is 5.69 Å². The summed E-state index contributed by atoms with van der Waals surface area (Å²) < 4.78 is 6.10. The highest BCUT2D eigenvalue weighted by Crippen LogP contribution is 2.29. The van der Waals surface area contributed by atoms with E-state index in [0.29, 0.717) is 6.42 Å². The van der Waals surface area contributed by atoms with E-state index in [0.717, 1.165) is 35.4 Å². The van der Waals surface area contributed by atoms with Crippen molar-refractivity contribution < 1.29 is 9.53 Å². The van der Waals surface area contributed by atoms with Crippen molar-refractivity contribution in [1.82, 2.24) is 0 Å². The first-order chi connectivity index (χ1) is 14.2. The number of benzene rings is 3. The Labute approximate surface area is 172 Å². The summed E-state index contributed by atoms with van der Waals surface area (Å²) in [7, 11) is 0. The second kappa shape index (κ2) is 8.95. The molecule has 0 heterocycles. The van der Waals surface area contributed by atoms with E-state index in [2.05, 4.69) is 17.4 Å². The standard InChI is InChI=1S/C26H27NO2/c1-2-25(29-22-17-16-19-10-6-7-13-21(19)18-22)26(28)27-24-15-9-8-14-23(24)20-11-4-3-5-12-20/h3-5,8-9,11-12,14-18,25H,2,6-7,10,13H2,1H3,(H,27,28)/t25-/m1/s1. The molecule has 1 aliphatic rings. The third-order valence-electron chi connectivity index (χ3n) is 5.53. The van der Waals surface area contributed by atoms with Crippen LogP contribution in [0.5, 0.6) is 5.75 Å². The van der Waals surface area contributed by atoms with Crippen LogP contribution in [0.1, 0.15) is 37.3 Å². The maximum atomic E-state index is 13.0. The van der Waals surface area contributed by atoms with Gasteiger partial charge in [-0.2, -0.15) is 0 Å². The molecular formula is C26H27NO2. The van der Waals surface area contributed by atoms with Crippen LogP contribution >= 0.6 is 0 Å². The molecule has 1 amide bonds. The molecule has 0 spiro atoms. The van der Waals surface area contributed by atoms with Crippen LogP contribution in [-0.2, 0) is 17.6 Å². The lowest BCUT2D eigenvalue weighted by Crippen LogP contribution is -2.32. The zero-order chi connectivity index (χ0) is 20.1. The fourth-order valence-electron chi connectivity index (χ4n) is 3.94. The summed E-state index contributed by atoms with van der Waals surface area (Å²) in [6.45, 7) is 1.98. The highest BCUT2D eigenvalue weighted by atomic mass is 16.5. The minimum absolute atomic E-state index is 0.117. The largest absolute Gasteiger partial charge is 0.481 e. The minimum Gasteiger partial charge on any atom is -0.481 e. The fourth-order valence-corrected chi connectivity index (χ4v) is 3.94. The molecule has 3 heteroatoms. The molecule has 3 nitrogen and oxygen atoms in total. The van der Waals surface area contributed by atoms with Crippen molar-refractivity contribution >= 4 is 11.6 Å². The Morgan fingerprint density at radius 3 is 2.45 bits per heavy atom. The SMILES string of the molecule is CC[C@@H](Oc1ccc2c(c1)CCCC2)C(=O)Nc1ccccc1-c1ccccc1. The number of carbonyl (C=O) groups excluding carboxylic acids is 1. The maximum Gasteiger partial charge on any atom is 0.265 e. The van der Waals surface area contributed by atoms with Gasteiger partial charge in [0.2, 0.25) is 0 Å². The zero-order valence-electron chi connectivity index (χ0n) is 16.9. The van der Waals surface area contributed by atoms with Gasteiger partial charge < -0.3 is 10.1 Å². The molecule has 0 radical (unpaired) electrons. The van der Waals surface area contributed by atoms with Crippen molar-refractivity contribution in [3.05, 3.63) is 83.9 Å². The van der Waals surface area contributed by atoms with Crippen molar-refractivity contribution in [2.24, 2.45) is 0 Å². The van der Waals surface area contributed by atoms with Gasteiger partial charge in [-0.25, -0.2) is 0 Å². The van der Waals surface area contributed by atoms with Crippen LogP contribution in [0, 0.1) is 0 Å². The number of nitrogens with one attached hydrogen (secondary N) is 1. The number of amides is 1. The van der Waals surface area contributed by atoms with Crippen LogP contribution in [-0.4, -0.2) is 12.0 Å². The molecule has 4 rings (SSSR count). The summed E-state index contributed by atoms with van der Waals surface area (Å²) in [4.78, 5) is 13.0. The summed E-state index contributed by atoms with van der Waals surface area (Å²) in [6.07, 6.45) is 4.80. The lowest BCUT2D eigenvalue weighted by Gasteiger charge is -2.21. The smallest absolute Gasteiger partial charge is 0.265 e. The van der Waals surface area contributed by atoms with Gasteiger partial charge in [0.15, 0.2) is 6.10 Å². The second-order valence-corrected chi connectivity index (χ2v) is 7.55. The van der Waals surface area contributed by atoms with Crippen LogP contribution in [0.15, 0.2) is 72.8 Å². The van der Waals surface area contributed by atoms with E-state index in [1.165, 1.54) is 24.0 Å². The first-order valence-electron chi connectivity index (χ1n) is 10.5. The normalized spacial score (nSPS) is 14.0. The molecular weight excluding hydrogens is 358 g/mol. The minimum atomic E-state index is -0.527. The van der Waals surface area contributed by atoms with Crippen LogP contribution in [0.2, 0.25) is 0 Å². The average Bonchev–Trinajstić information content (AvgIpc) is 2.78. The molecule has 29 heavy (non-hydrogen) atoms. The molecule has 1 N–H and O–H groups in total. The zero-order valence-corrected chi connectivity index (χ0v) is 16.9. The molecule has 0 saturated carbocycles. The van der Waals surface area contributed by atoms with Crippen molar-refractivity contribution in [1.29, 1.82) is 0 Å². The Morgan fingerprint density at radius 2 is 1.66 bits per heavy atom. The number of ether oxygens (including phenoxy) is 1. The number of aryl methyl sites for hydroxylation is 2. The molecule has 0 saturated heterocycles.